The van der Waals surface area contributed by atoms with E-state index in [9.17, 15) is 14.0 Å². The summed E-state index contributed by atoms with van der Waals surface area (Å²) in [6.07, 6.45) is 0.168. The first-order valence-corrected chi connectivity index (χ1v) is 5.20. The third-order valence-electron chi connectivity index (χ3n) is 1.99. The quantitative estimate of drug-likeness (QED) is 0.813. The van der Waals surface area contributed by atoms with Gasteiger partial charge in [-0.05, 0) is 33.6 Å². The minimum Gasteiger partial charge on any atom is -0.481 e. The van der Waals surface area contributed by atoms with Gasteiger partial charge in [0.2, 0.25) is 6.41 Å². The van der Waals surface area contributed by atoms with Crippen LogP contribution in [0.15, 0.2) is 22.7 Å². The van der Waals surface area contributed by atoms with Gasteiger partial charge in [0.15, 0.2) is 0 Å². The van der Waals surface area contributed by atoms with Crippen molar-refractivity contribution in [3.8, 4) is 0 Å². The van der Waals surface area contributed by atoms with E-state index in [-0.39, 0.29) is 10.9 Å². The molecule has 1 amide bonds. The first-order chi connectivity index (χ1) is 7.54. The highest BCUT2D eigenvalue weighted by atomic mass is 79.9. The maximum Gasteiger partial charge on any atom is 0.305 e. The predicted molar refractivity (Wildman–Crippen MR) is 58.3 cm³/mol. The largest absolute Gasteiger partial charge is 0.481 e. The average molecular weight is 290 g/mol. The molecule has 86 valence electrons. The van der Waals surface area contributed by atoms with Gasteiger partial charge in [0.05, 0.1) is 16.9 Å². The molecule has 16 heavy (non-hydrogen) atoms. The van der Waals surface area contributed by atoms with Crippen molar-refractivity contribution in [3.63, 3.8) is 0 Å². The number of carboxylic acid groups (broad SMARTS) is 1. The summed E-state index contributed by atoms with van der Waals surface area (Å²) >= 11 is 2.99. The number of carbonyl (C=O) groups excluding carboxylic acids is 1. The first kappa shape index (κ1) is 12.6. The third-order valence-corrected chi connectivity index (χ3v) is 2.60. The van der Waals surface area contributed by atoms with Crippen LogP contribution in [0, 0.1) is 5.82 Å². The van der Waals surface area contributed by atoms with Crippen LogP contribution in [0.3, 0.4) is 0 Å². The molecular weight excluding hydrogens is 281 g/mol. The Morgan fingerprint density at radius 1 is 1.62 bits per heavy atom. The number of aliphatic carboxylic acids is 1. The maximum absolute atomic E-state index is 13.0. The lowest BCUT2D eigenvalue weighted by molar-refractivity contribution is -0.137. The molecule has 4 nitrogen and oxygen atoms in total. The molecule has 0 spiro atoms. The minimum absolute atomic E-state index is 0.230. The summed E-state index contributed by atoms with van der Waals surface area (Å²) < 4.78 is 13.2. The SMILES string of the molecule is O=CN[C@H](CC(=O)O)c1ccc(F)c(Br)c1. The Bertz CT molecular complexity index is 411. The molecule has 0 saturated heterocycles. The lowest BCUT2D eigenvalue weighted by Gasteiger charge is -2.14. The Hall–Kier alpha value is -1.43. The van der Waals surface area contributed by atoms with Crippen LogP contribution in [0.4, 0.5) is 4.39 Å². The monoisotopic (exact) mass is 289 g/mol. The number of carboxylic acids is 1. The van der Waals surface area contributed by atoms with Crippen molar-refractivity contribution in [2.75, 3.05) is 0 Å². The predicted octanol–water partition coefficient (Wildman–Crippen LogP) is 1.85. The summed E-state index contributed by atoms with van der Waals surface area (Å²) in [5.74, 6) is -1.48. The van der Waals surface area contributed by atoms with Gasteiger partial charge in [-0.25, -0.2) is 4.39 Å². The number of benzene rings is 1. The molecule has 1 aromatic rings. The van der Waals surface area contributed by atoms with E-state index in [1.54, 1.807) is 0 Å². The molecule has 1 aromatic carbocycles. The van der Waals surface area contributed by atoms with Gasteiger partial charge in [-0.15, -0.1) is 0 Å². The highest BCUT2D eigenvalue weighted by Gasteiger charge is 2.15. The standard InChI is InChI=1S/C10H9BrFNO3/c11-7-3-6(1-2-8(7)12)9(13-5-14)4-10(15)16/h1-3,5,9H,4H2,(H,13,14)(H,15,16)/t9-/m1/s1. The van der Waals surface area contributed by atoms with E-state index in [1.807, 2.05) is 0 Å². The van der Waals surface area contributed by atoms with Crippen LogP contribution in [-0.2, 0) is 9.59 Å². The van der Waals surface area contributed by atoms with Gasteiger partial charge in [-0.1, -0.05) is 6.07 Å². The zero-order valence-electron chi connectivity index (χ0n) is 8.11. The second kappa shape index (κ2) is 5.60. The maximum atomic E-state index is 13.0. The summed E-state index contributed by atoms with van der Waals surface area (Å²) in [6, 6.07) is 3.43. The van der Waals surface area contributed by atoms with Crippen LogP contribution in [-0.4, -0.2) is 17.5 Å². The Kier molecular flexibility index (Phi) is 4.42. The summed E-state index contributed by atoms with van der Waals surface area (Å²) in [5.41, 5.74) is 0.530. The van der Waals surface area contributed by atoms with Crippen molar-refractivity contribution in [2.45, 2.75) is 12.5 Å². The van der Waals surface area contributed by atoms with E-state index in [0.29, 0.717) is 12.0 Å². The molecule has 0 aromatic heterocycles. The van der Waals surface area contributed by atoms with Gasteiger partial charge in [0.1, 0.15) is 5.82 Å². The van der Waals surface area contributed by atoms with E-state index in [1.165, 1.54) is 18.2 Å². The van der Waals surface area contributed by atoms with Crippen LogP contribution in [0.2, 0.25) is 0 Å². The Balaban J connectivity index is 2.95. The molecule has 0 saturated carbocycles. The van der Waals surface area contributed by atoms with Gasteiger partial charge < -0.3 is 10.4 Å². The topological polar surface area (TPSA) is 66.4 Å². The number of amides is 1. The minimum atomic E-state index is -1.04. The lowest BCUT2D eigenvalue weighted by Crippen LogP contribution is -2.22. The van der Waals surface area contributed by atoms with E-state index in [0.717, 1.165) is 0 Å². The fourth-order valence-corrected chi connectivity index (χ4v) is 1.66. The van der Waals surface area contributed by atoms with Crippen molar-refractivity contribution >= 4 is 28.3 Å². The fraction of sp³-hybridized carbons (Fsp3) is 0.200. The van der Waals surface area contributed by atoms with Crippen molar-refractivity contribution < 1.29 is 19.1 Å². The van der Waals surface area contributed by atoms with Crippen molar-refractivity contribution in [1.82, 2.24) is 5.32 Å². The van der Waals surface area contributed by atoms with Gasteiger partial charge in [0, 0.05) is 0 Å². The van der Waals surface area contributed by atoms with E-state index < -0.39 is 17.8 Å². The van der Waals surface area contributed by atoms with Gasteiger partial charge in [-0.2, -0.15) is 0 Å². The number of nitrogens with one attached hydrogen (secondary N) is 1. The Morgan fingerprint density at radius 3 is 2.81 bits per heavy atom. The smallest absolute Gasteiger partial charge is 0.305 e. The van der Waals surface area contributed by atoms with Crippen LogP contribution in [0.1, 0.15) is 18.0 Å². The molecular formula is C10H9BrFNO3. The molecule has 0 aliphatic rings. The second-order valence-electron chi connectivity index (χ2n) is 3.11. The highest BCUT2D eigenvalue weighted by Crippen LogP contribution is 2.23. The third kappa shape index (κ3) is 3.30. The molecule has 1 atom stereocenters. The van der Waals surface area contributed by atoms with Crippen molar-refractivity contribution in [3.05, 3.63) is 34.1 Å². The summed E-state index contributed by atoms with van der Waals surface area (Å²) in [6.45, 7) is 0. The molecule has 0 unspecified atom stereocenters. The van der Waals surface area contributed by atoms with Gasteiger partial charge in [-0.3, -0.25) is 9.59 Å². The van der Waals surface area contributed by atoms with Crippen LogP contribution in [0.5, 0.6) is 0 Å². The summed E-state index contributed by atoms with van der Waals surface area (Å²) in [7, 11) is 0. The van der Waals surface area contributed by atoms with Crippen molar-refractivity contribution in [2.24, 2.45) is 0 Å². The number of hydrogen-bond acceptors (Lipinski definition) is 2. The molecule has 0 bridgehead atoms. The Labute approximate surface area is 99.6 Å². The van der Waals surface area contributed by atoms with Crippen LogP contribution < -0.4 is 5.32 Å². The fourth-order valence-electron chi connectivity index (χ4n) is 1.26. The number of halogens is 2. The summed E-state index contributed by atoms with van der Waals surface area (Å²) in [5, 5.41) is 11.0. The van der Waals surface area contributed by atoms with Crippen LogP contribution >= 0.6 is 15.9 Å². The van der Waals surface area contributed by atoms with Gasteiger partial charge >= 0.3 is 5.97 Å². The van der Waals surface area contributed by atoms with Gasteiger partial charge in [0.25, 0.3) is 0 Å². The molecule has 0 aliphatic heterocycles. The zero-order chi connectivity index (χ0) is 12.1. The molecule has 0 aliphatic carbocycles. The molecule has 2 N–H and O–H groups in total. The lowest BCUT2D eigenvalue weighted by atomic mass is 10.0. The normalized spacial score (nSPS) is 11.9. The first-order valence-electron chi connectivity index (χ1n) is 4.41. The highest BCUT2D eigenvalue weighted by molar-refractivity contribution is 9.10. The molecule has 0 heterocycles. The molecule has 0 fully saturated rings. The molecule has 1 rings (SSSR count). The average Bonchev–Trinajstić information content (AvgIpc) is 2.21. The number of hydrogen-bond donors (Lipinski definition) is 2. The second-order valence-corrected chi connectivity index (χ2v) is 3.96. The summed E-state index contributed by atoms with van der Waals surface area (Å²) in [4.78, 5) is 20.9. The van der Waals surface area contributed by atoms with Crippen molar-refractivity contribution in [1.29, 1.82) is 0 Å². The van der Waals surface area contributed by atoms with E-state index in [2.05, 4.69) is 21.2 Å². The van der Waals surface area contributed by atoms with E-state index >= 15 is 0 Å². The number of carbonyl (C=O) groups is 2. The Morgan fingerprint density at radius 2 is 2.31 bits per heavy atom. The molecule has 0 radical (unpaired) electrons. The zero-order valence-corrected chi connectivity index (χ0v) is 9.70. The van der Waals surface area contributed by atoms with E-state index in [4.69, 9.17) is 5.11 Å². The number of rotatable bonds is 5. The molecule has 6 heteroatoms. The van der Waals surface area contributed by atoms with Crippen LogP contribution in [0.25, 0.3) is 0 Å².